The maximum atomic E-state index is 12.4. The van der Waals surface area contributed by atoms with Gasteiger partial charge in [0.2, 0.25) is 0 Å². The highest BCUT2D eigenvalue weighted by Crippen LogP contribution is 2.30. The van der Waals surface area contributed by atoms with Gasteiger partial charge in [0.25, 0.3) is 5.91 Å². The summed E-state index contributed by atoms with van der Waals surface area (Å²) in [5, 5.41) is 6.02. The van der Waals surface area contributed by atoms with Crippen LogP contribution in [-0.2, 0) is 6.42 Å². The number of nitrogens with one attached hydrogen (secondary N) is 2. The molecule has 0 saturated carbocycles. The third-order valence-corrected chi connectivity index (χ3v) is 4.10. The minimum atomic E-state index is -0.242. The summed E-state index contributed by atoms with van der Waals surface area (Å²) >= 11 is 0. The minimum Gasteiger partial charge on any atom is -0.493 e. The summed E-state index contributed by atoms with van der Waals surface area (Å²) in [6, 6.07) is 17.0. The average molecular weight is 378 g/mol. The summed E-state index contributed by atoms with van der Waals surface area (Å²) in [7, 11) is 3.16. The van der Waals surface area contributed by atoms with Gasteiger partial charge in [0.15, 0.2) is 11.5 Å². The van der Waals surface area contributed by atoms with Gasteiger partial charge >= 0.3 is 0 Å². The molecule has 0 bridgehead atoms. The summed E-state index contributed by atoms with van der Waals surface area (Å²) in [5.74, 6) is 1.50. The standard InChI is InChI=1S/C21H22N4O3/c1-27-18-9-8-16(12-19(18)28-2)25-20-13-17(23-14-24-20)21(26)22-11-10-15-6-4-3-5-7-15/h3-9,12-14H,10-11H2,1-2H3,(H,22,26)(H,23,24,25). The van der Waals surface area contributed by atoms with Crippen LogP contribution in [-0.4, -0.2) is 36.6 Å². The Morgan fingerprint density at radius 3 is 2.50 bits per heavy atom. The van der Waals surface area contributed by atoms with E-state index < -0.39 is 0 Å². The van der Waals surface area contributed by atoms with E-state index in [1.165, 1.54) is 11.9 Å². The van der Waals surface area contributed by atoms with Gasteiger partial charge in [0.05, 0.1) is 14.2 Å². The van der Waals surface area contributed by atoms with E-state index in [9.17, 15) is 4.79 Å². The number of aromatic nitrogens is 2. The predicted octanol–water partition coefficient (Wildman–Crippen LogP) is 3.21. The highest BCUT2D eigenvalue weighted by molar-refractivity contribution is 5.93. The molecule has 0 unspecified atom stereocenters. The van der Waals surface area contributed by atoms with Crippen LogP contribution < -0.4 is 20.1 Å². The minimum absolute atomic E-state index is 0.242. The first-order valence-corrected chi connectivity index (χ1v) is 8.83. The smallest absolute Gasteiger partial charge is 0.270 e. The molecule has 2 aromatic carbocycles. The summed E-state index contributed by atoms with van der Waals surface area (Å²) in [5.41, 5.74) is 2.22. The lowest BCUT2D eigenvalue weighted by molar-refractivity contribution is 0.0949. The van der Waals surface area contributed by atoms with Crippen molar-refractivity contribution in [3.63, 3.8) is 0 Å². The van der Waals surface area contributed by atoms with Crippen molar-refractivity contribution in [3.8, 4) is 11.5 Å². The van der Waals surface area contributed by atoms with E-state index in [2.05, 4.69) is 20.6 Å². The summed E-state index contributed by atoms with van der Waals surface area (Å²) < 4.78 is 10.5. The molecule has 1 amide bonds. The fourth-order valence-corrected chi connectivity index (χ4v) is 2.67. The van der Waals surface area contributed by atoms with Crippen LogP contribution >= 0.6 is 0 Å². The Morgan fingerprint density at radius 2 is 1.75 bits per heavy atom. The number of amides is 1. The molecule has 28 heavy (non-hydrogen) atoms. The van der Waals surface area contributed by atoms with Gasteiger partial charge in [0.1, 0.15) is 17.8 Å². The number of methoxy groups -OCH3 is 2. The molecule has 2 N–H and O–H groups in total. The van der Waals surface area contributed by atoms with Crippen molar-refractivity contribution in [2.45, 2.75) is 6.42 Å². The molecular formula is C21H22N4O3. The molecule has 0 spiro atoms. The fraction of sp³-hybridized carbons (Fsp3) is 0.190. The number of anilines is 2. The summed E-state index contributed by atoms with van der Waals surface area (Å²) in [6.45, 7) is 0.533. The van der Waals surface area contributed by atoms with E-state index in [1.54, 1.807) is 32.4 Å². The number of hydrogen-bond acceptors (Lipinski definition) is 6. The lowest BCUT2D eigenvalue weighted by atomic mass is 10.1. The zero-order chi connectivity index (χ0) is 19.8. The largest absolute Gasteiger partial charge is 0.493 e. The summed E-state index contributed by atoms with van der Waals surface area (Å²) in [6.07, 6.45) is 2.11. The van der Waals surface area contributed by atoms with Crippen molar-refractivity contribution >= 4 is 17.4 Å². The van der Waals surface area contributed by atoms with Crippen molar-refractivity contribution in [2.75, 3.05) is 26.1 Å². The van der Waals surface area contributed by atoms with E-state index in [0.717, 1.165) is 12.1 Å². The van der Waals surface area contributed by atoms with Crippen LogP contribution in [0.25, 0.3) is 0 Å². The third kappa shape index (κ3) is 4.97. The monoisotopic (exact) mass is 378 g/mol. The third-order valence-electron chi connectivity index (χ3n) is 4.10. The quantitative estimate of drug-likeness (QED) is 0.626. The lowest BCUT2D eigenvalue weighted by Crippen LogP contribution is -2.26. The number of nitrogens with zero attached hydrogens (tertiary/aromatic N) is 2. The molecule has 144 valence electrons. The van der Waals surface area contributed by atoms with E-state index in [0.29, 0.717) is 29.6 Å². The van der Waals surface area contributed by atoms with Gasteiger partial charge in [-0.1, -0.05) is 30.3 Å². The Balaban J connectivity index is 1.62. The maximum absolute atomic E-state index is 12.4. The van der Waals surface area contributed by atoms with Crippen LogP contribution in [0.4, 0.5) is 11.5 Å². The maximum Gasteiger partial charge on any atom is 0.270 e. The van der Waals surface area contributed by atoms with Crippen molar-refractivity contribution in [1.29, 1.82) is 0 Å². The summed E-state index contributed by atoms with van der Waals surface area (Å²) in [4.78, 5) is 20.6. The van der Waals surface area contributed by atoms with Crippen molar-refractivity contribution in [1.82, 2.24) is 15.3 Å². The number of benzene rings is 2. The molecule has 7 heteroatoms. The zero-order valence-electron chi connectivity index (χ0n) is 15.8. The predicted molar refractivity (Wildman–Crippen MR) is 107 cm³/mol. The molecule has 1 aromatic heterocycles. The van der Waals surface area contributed by atoms with Gasteiger partial charge in [-0.25, -0.2) is 9.97 Å². The molecule has 3 aromatic rings. The Hall–Kier alpha value is -3.61. The van der Waals surface area contributed by atoms with E-state index in [4.69, 9.17) is 9.47 Å². The first-order chi connectivity index (χ1) is 13.7. The van der Waals surface area contributed by atoms with Crippen LogP contribution in [0.15, 0.2) is 60.9 Å². The second kappa shape index (κ2) is 9.36. The topological polar surface area (TPSA) is 85.4 Å². The second-order valence-electron chi connectivity index (χ2n) is 5.97. The molecule has 0 aliphatic carbocycles. The Kier molecular flexibility index (Phi) is 6.41. The van der Waals surface area contributed by atoms with Crippen LogP contribution in [0.1, 0.15) is 16.1 Å². The van der Waals surface area contributed by atoms with Crippen LogP contribution in [0.2, 0.25) is 0 Å². The van der Waals surface area contributed by atoms with E-state index in [-0.39, 0.29) is 5.91 Å². The molecule has 0 fully saturated rings. The number of rotatable bonds is 8. The highest BCUT2D eigenvalue weighted by Gasteiger charge is 2.10. The van der Waals surface area contributed by atoms with Gasteiger partial charge < -0.3 is 20.1 Å². The molecule has 0 aliphatic heterocycles. The van der Waals surface area contributed by atoms with Crippen molar-refractivity contribution < 1.29 is 14.3 Å². The fourth-order valence-electron chi connectivity index (χ4n) is 2.67. The number of hydrogen-bond donors (Lipinski definition) is 2. The van der Waals surface area contributed by atoms with Gasteiger partial charge in [-0.15, -0.1) is 0 Å². The Bertz CT molecular complexity index is 932. The van der Waals surface area contributed by atoms with Gasteiger partial charge in [0, 0.05) is 24.4 Å². The molecule has 0 saturated heterocycles. The Labute approximate surface area is 163 Å². The number of carbonyl (C=O) groups excluding carboxylic acids is 1. The first-order valence-electron chi connectivity index (χ1n) is 8.83. The van der Waals surface area contributed by atoms with Crippen LogP contribution in [0, 0.1) is 0 Å². The average Bonchev–Trinajstić information content (AvgIpc) is 2.74. The SMILES string of the molecule is COc1ccc(Nc2cc(C(=O)NCCc3ccccc3)ncn2)cc1OC. The van der Waals surface area contributed by atoms with Crippen LogP contribution in [0.3, 0.4) is 0 Å². The molecule has 0 radical (unpaired) electrons. The lowest BCUT2D eigenvalue weighted by Gasteiger charge is -2.11. The molecule has 1 heterocycles. The van der Waals surface area contributed by atoms with Gasteiger partial charge in [-0.3, -0.25) is 4.79 Å². The number of ether oxygens (including phenoxy) is 2. The van der Waals surface area contributed by atoms with Crippen molar-refractivity contribution in [2.24, 2.45) is 0 Å². The van der Waals surface area contributed by atoms with Gasteiger partial charge in [-0.05, 0) is 24.1 Å². The molecular weight excluding hydrogens is 356 g/mol. The van der Waals surface area contributed by atoms with Gasteiger partial charge in [-0.2, -0.15) is 0 Å². The number of carbonyl (C=O) groups is 1. The molecule has 0 atom stereocenters. The van der Waals surface area contributed by atoms with E-state index in [1.807, 2.05) is 36.4 Å². The first kappa shape index (κ1) is 19.2. The van der Waals surface area contributed by atoms with Crippen molar-refractivity contribution in [3.05, 3.63) is 72.2 Å². The molecule has 0 aliphatic rings. The van der Waals surface area contributed by atoms with Crippen LogP contribution in [0.5, 0.6) is 11.5 Å². The molecule has 7 nitrogen and oxygen atoms in total. The Morgan fingerprint density at radius 1 is 0.964 bits per heavy atom. The highest BCUT2D eigenvalue weighted by atomic mass is 16.5. The second-order valence-corrected chi connectivity index (χ2v) is 5.97. The molecule has 3 rings (SSSR count). The normalized spacial score (nSPS) is 10.2. The van der Waals surface area contributed by atoms with E-state index >= 15 is 0 Å². The zero-order valence-corrected chi connectivity index (χ0v) is 15.8.